The van der Waals surface area contributed by atoms with Gasteiger partial charge in [-0.25, -0.2) is 0 Å². The number of hydrogen-bond acceptors (Lipinski definition) is 11. The standard InChI is InChI=1S/C8H18N2.C8H17N.C7H16N2.C7H15NO.C7H15NS.C7H15N.C6H13N/c1-8(2)10-6-3-4-9-5-7-10;1-8(2)9-6-4-3-5-7-9;1-7(2)9-5-3-8-4-6-9;2*1-7(2)8-3-5-9-6-4-8;1-7(2)8-5-3-4-6-8;1-6(2)7-4-3-5-7/h8-9H,3-7H2,1-2H3;8H,3-7H2,1-2H3;7-8H,3-6H2,1-2H3;2*7H,3-6H2,1-2H3;7H,3-6H2,1-2H3;6H,3-5H2,1-2H3. The molecule has 7 rings (SSSR count). The lowest BCUT2D eigenvalue weighted by atomic mass is 10.1. The van der Waals surface area contributed by atoms with Crippen molar-refractivity contribution in [3.8, 4) is 0 Å². The molecule has 2 N–H and O–H groups in total. The summed E-state index contributed by atoms with van der Waals surface area (Å²) >= 11 is 2.07. The van der Waals surface area contributed by atoms with Gasteiger partial charge in [0.2, 0.25) is 0 Å². The summed E-state index contributed by atoms with van der Waals surface area (Å²) in [6, 6.07) is 5.23. The maximum Gasteiger partial charge on any atom is 0.0594 e. The summed E-state index contributed by atoms with van der Waals surface area (Å²) in [7, 11) is 0. The summed E-state index contributed by atoms with van der Waals surface area (Å²) in [5.74, 6) is 2.66. The minimum absolute atomic E-state index is 0.689. The van der Waals surface area contributed by atoms with E-state index in [1.807, 2.05) is 0 Å². The molecule has 10 nitrogen and oxygen atoms in total. The second kappa shape index (κ2) is 37.1. The Morgan fingerprint density at radius 1 is 0.295 bits per heavy atom. The number of nitrogens with zero attached hydrogens (tertiary/aromatic N) is 7. The number of nitrogens with one attached hydrogen (secondary N) is 2. The third-order valence-electron chi connectivity index (χ3n) is 13.2. The molecule has 7 aliphatic rings. The zero-order valence-corrected chi connectivity index (χ0v) is 44.3. The first-order chi connectivity index (χ1) is 29.1. The van der Waals surface area contributed by atoms with Crippen molar-refractivity contribution >= 4 is 11.8 Å². The molecule has 0 aromatic heterocycles. The van der Waals surface area contributed by atoms with Crippen LogP contribution in [0.2, 0.25) is 0 Å². The Labute approximate surface area is 386 Å². The van der Waals surface area contributed by atoms with E-state index >= 15 is 0 Å². The van der Waals surface area contributed by atoms with Gasteiger partial charge in [0.05, 0.1) is 13.2 Å². The molecule has 0 spiro atoms. The molecule has 0 aromatic carbocycles. The highest BCUT2D eigenvalue weighted by atomic mass is 32.2. The number of piperazine rings is 1. The summed E-state index contributed by atoms with van der Waals surface area (Å²) in [6.07, 6.45) is 9.83. The highest BCUT2D eigenvalue weighted by Gasteiger charge is 2.17. The highest BCUT2D eigenvalue weighted by molar-refractivity contribution is 7.99. The van der Waals surface area contributed by atoms with Crippen molar-refractivity contribution in [2.45, 2.75) is 184 Å². The molecule has 11 heteroatoms. The van der Waals surface area contributed by atoms with Gasteiger partial charge in [-0.3, -0.25) is 19.6 Å². The van der Waals surface area contributed by atoms with E-state index in [0.29, 0.717) is 6.04 Å². The summed E-state index contributed by atoms with van der Waals surface area (Å²) < 4.78 is 5.21. The van der Waals surface area contributed by atoms with Crippen molar-refractivity contribution in [3.63, 3.8) is 0 Å². The SMILES string of the molecule is CC(C)N1CCC1.CC(C)N1CCCC1.CC(C)N1CCCCC1.CC(C)N1CCCNCC1.CC(C)N1CCNCC1.CC(C)N1CCOCC1.CC(C)N1CCSCC1. The van der Waals surface area contributed by atoms with Crippen molar-refractivity contribution in [1.82, 2.24) is 44.9 Å². The van der Waals surface area contributed by atoms with Gasteiger partial charge in [0.15, 0.2) is 0 Å². The molecule has 0 bridgehead atoms. The largest absolute Gasteiger partial charge is 0.379 e. The van der Waals surface area contributed by atoms with Gasteiger partial charge in [-0.05, 0) is 188 Å². The van der Waals surface area contributed by atoms with E-state index in [1.54, 1.807) is 0 Å². The van der Waals surface area contributed by atoms with Crippen LogP contribution >= 0.6 is 11.8 Å². The van der Waals surface area contributed by atoms with Crippen LogP contribution < -0.4 is 10.6 Å². The maximum absolute atomic E-state index is 5.21. The number of ether oxygens (including phenoxy) is 1. The van der Waals surface area contributed by atoms with Crippen LogP contribution in [0.4, 0.5) is 0 Å². The van der Waals surface area contributed by atoms with E-state index < -0.39 is 0 Å². The highest BCUT2D eigenvalue weighted by Crippen LogP contribution is 2.13. The minimum Gasteiger partial charge on any atom is -0.379 e. The molecule has 61 heavy (non-hydrogen) atoms. The molecule has 0 unspecified atom stereocenters. The normalized spacial score (nSPS) is 23.0. The summed E-state index contributed by atoms with van der Waals surface area (Å²) in [5.41, 5.74) is 0. The van der Waals surface area contributed by atoms with Crippen molar-refractivity contribution in [2.24, 2.45) is 0 Å². The van der Waals surface area contributed by atoms with Gasteiger partial charge in [0.25, 0.3) is 0 Å². The lowest BCUT2D eigenvalue weighted by Gasteiger charge is -2.34. The Bertz CT molecular complexity index is 841. The van der Waals surface area contributed by atoms with Gasteiger partial charge in [-0.1, -0.05) is 6.42 Å². The molecule has 7 fully saturated rings. The van der Waals surface area contributed by atoms with Crippen molar-refractivity contribution in [2.75, 3.05) is 143 Å². The van der Waals surface area contributed by atoms with Crippen LogP contribution in [0.3, 0.4) is 0 Å². The number of morpholine rings is 1. The number of rotatable bonds is 7. The molecule has 0 radical (unpaired) electrons. The van der Waals surface area contributed by atoms with Crippen LogP contribution in [0.15, 0.2) is 0 Å². The van der Waals surface area contributed by atoms with Crippen molar-refractivity contribution in [3.05, 3.63) is 0 Å². The van der Waals surface area contributed by atoms with Gasteiger partial charge in [-0.2, -0.15) is 11.8 Å². The molecule has 0 aliphatic carbocycles. The number of piperidine rings is 1. The number of likely N-dealkylation sites (tertiary alicyclic amines) is 3. The Hall–Kier alpha value is -0.0500. The van der Waals surface area contributed by atoms with Gasteiger partial charge < -0.3 is 30.1 Å². The Kier molecular flexibility index (Phi) is 35.8. The van der Waals surface area contributed by atoms with Crippen LogP contribution in [0.5, 0.6) is 0 Å². The zero-order valence-electron chi connectivity index (χ0n) is 43.5. The Balaban J connectivity index is 0.000000357. The summed E-state index contributed by atoms with van der Waals surface area (Å²) in [6.45, 7) is 55.9. The molecule has 0 amide bonds. The van der Waals surface area contributed by atoms with Gasteiger partial charge >= 0.3 is 0 Å². The van der Waals surface area contributed by atoms with E-state index in [2.05, 4.69) is 154 Å². The molecule has 7 heterocycles. The van der Waals surface area contributed by atoms with Crippen molar-refractivity contribution < 1.29 is 4.74 Å². The maximum atomic E-state index is 5.21. The number of thioether (sulfide) groups is 1. The molecule has 7 aliphatic heterocycles. The third kappa shape index (κ3) is 30.0. The fourth-order valence-electron chi connectivity index (χ4n) is 8.32. The van der Waals surface area contributed by atoms with Crippen LogP contribution in [0, 0.1) is 0 Å². The Morgan fingerprint density at radius 2 is 0.574 bits per heavy atom. The van der Waals surface area contributed by atoms with E-state index in [4.69, 9.17) is 4.74 Å². The molecule has 0 saturated carbocycles. The van der Waals surface area contributed by atoms with E-state index in [9.17, 15) is 0 Å². The van der Waals surface area contributed by atoms with Gasteiger partial charge in [0, 0.05) is 119 Å². The average molecular weight is 885 g/mol. The van der Waals surface area contributed by atoms with Crippen LogP contribution in [0.25, 0.3) is 0 Å². The summed E-state index contributed by atoms with van der Waals surface area (Å²) in [5, 5.41) is 6.72. The molecular weight excluding hydrogens is 775 g/mol. The first-order valence-electron chi connectivity index (χ1n) is 25.9. The lowest BCUT2D eigenvalue weighted by molar-refractivity contribution is 0.0238. The molecule has 7 saturated heterocycles. The molecule has 0 atom stereocenters. The zero-order chi connectivity index (χ0) is 45.4. The quantitative estimate of drug-likeness (QED) is 0.266. The number of hydrogen-bond donors (Lipinski definition) is 2. The van der Waals surface area contributed by atoms with Crippen molar-refractivity contribution in [1.29, 1.82) is 0 Å². The molecular formula is C50H109N9OS. The van der Waals surface area contributed by atoms with Crippen LogP contribution in [0.1, 0.15) is 142 Å². The fourth-order valence-corrected chi connectivity index (χ4v) is 9.25. The second-order valence-corrected chi connectivity index (χ2v) is 21.3. The second-order valence-electron chi connectivity index (χ2n) is 20.1. The molecule has 366 valence electrons. The van der Waals surface area contributed by atoms with Gasteiger partial charge in [-0.15, -0.1) is 0 Å². The van der Waals surface area contributed by atoms with Gasteiger partial charge in [0.1, 0.15) is 0 Å². The first-order valence-corrected chi connectivity index (χ1v) is 27.0. The van der Waals surface area contributed by atoms with E-state index in [0.717, 1.165) is 82.2 Å². The fraction of sp³-hybridized carbons (Fsp3) is 1.00. The predicted molar refractivity (Wildman–Crippen MR) is 273 cm³/mol. The van der Waals surface area contributed by atoms with E-state index in [1.165, 1.54) is 142 Å². The monoisotopic (exact) mass is 884 g/mol. The third-order valence-corrected chi connectivity index (χ3v) is 14.1. The average Bonchev–Trinajstić information content (AvgIpc) is 3.66. The lowest BCUT2D eigenvalue weighted by Crippen LogP contribution is -2.46. The summed E-state index contributed by atoms with van der Waals surface area (Å²) in [4.78, 5) is 17.6. The first kappa shape index (κ1) is 59.0. The topological polar surface area (TPSA) is 56.0 Å². The van der Waals surface area contributed by atoms with Crippen LogP contribution in [-0.2, 0) is 4.74 Å². The molecule has 0 aromatic rings. The Morgan fingerprint density at radius 3 is 0.885 bits per heavy atom. The minimum atomic E-state index is 0.689. The predicted octanol–water partition coefficient (Wildman–Crippen LogP) is 7.63. The van der Waals surface area contributed by atoms with E-state index in [-0.39, 0.29) is 0 Å². The smallest absolute Gasteiger partial charge is 0.0594 e. The van der Waals surface area contributed by atoms with Crippen LogP contribution in [-0.4, -0.2) is 219 Å².